The van der Waals surface area contributed by atoms with Crippen LogP contribution in [0.4, 0.5) is 0 Å². The highest BCUT2D eigenvalue weighted by atomic mass is 16.6. The van der Waals surface area contributed by atoms with Crippen LogP contribution in [0.15, 0.2) is 0 Å². The summed E-state index contributed by atoms with van der Waals surface area (Å²) in [6.45, 7) is 11.5. The smallest absolute Gasteiger partial charge is 0.306 e. The summed E-state index contributed by atoms with van der Waals surface area (Å²) in [6.07, 6.45) is 63.9. The summed E-state index contributed by atoms with van der Waals surface area (Å²) in [7, 11) is 0. The van der Waals surface area contributed by atoms with Gasteiger partial charge in [-0.3, -0.25) is 14.4 Å². The van der Waals surface area contributed by atoms with Crippen LogP contribution in [0.3, 0.4) is 0 Å². The van der Waals surface area contributed by atoms with Gasteiger partial charge in [-0.15, -0.1) is 0 Å². The molecule has 0 rings (SSSR count). The first-order valence-corrected chi connectivity index (χ1v) is 32.2. The fraction of sp³-hybridized carbons (Fsp3) is 0.954. The standard InChI is InChI=1S/C65H126O6/c1-6-7-8-9-10-11-12-13-14-15-16-17-22-25-32-37-42-47-52-57-65(68)71-62(59-70-64(67)56-51-46-41-36-31-27-26-29-34-39-44-49-54-61(4)5)58-69-63(66)55-50-45-40-35-30-24-21-19-18-20-23-28-33-38-43-48-53-60(2)3/h60-62H,6-59H2,1-5H3/t62-/m1/s1. The Kier molecular flexibility index (Phi) is 56.4. The molecule has 0 amide bonds. The molecule has 1 atom stereocenters. The van der Waals surface area contributed by atoms with E-state index >= 15 is 0 Å². The van der Waals surface area contributed by atoms with Gasteiger partial charge in [0, 0.05) is 19.3 Å². The molecule has 0 fully saturated rings. The third-order valence-electron chi connectivity index (χ3n) is 15.0. The molecule has 0 bridgehead atoms. The minimum atomic E-state index is -0.764. The molecule has 6 nitrogen and oxygen atoms in total. The Labute approximate surface area is 444 Å². The Morgan fingerprint density at radius 1 is 0.268 bits per heavy atom. The fourth-order valence-electron chi connectivity index (χ4n) is 10.1. The molecule has 0 spiro atoms. The van der Waals surface area contributed by atoms with Crippen LogP contribution >= 0.6 is 0 Å². The van der Waals surface area contributed by atoms with Crippen LogP contribution in [-0.2, 0) is 28.6 Å². The zero-order chi connectivity index (χ0) is 51.8. The lowest BCUT2D eigenvalue weighted by molar-refractivity contribution is -0.167. The largest absolute Gasteiger partial charge is 0.462 e. The molecule has 71 heavy (non-hydrogen) atoms. The normalized spacial score (nSPS) is 12.0. The van der Waals surface area contributed by atoms with Crippen molar-refractivity contribution in [3.63, 3.8) is 0 Å². The van der Waals surface area contributed by atoms with E-state index in [0.717, 1.165) is 69.6 Å². The van der Waals surface area contributed by atoms with Gasteiger partial charge in [0.2, 0.25) is 0 Å². The van der Waals surface area contributed by atoms with Crippen molar-refractivity contribution in [2.24, 2.45) is 11.8 Å². The zero-order valence-electron chi connectivity index (χ0n) is 48.9. The van der Waals surface area contributed by atoms with Crippen molar-refractivity contribution in [1.82, 2.24) is 0 Å². The van der Waals surface area contributed by atoms with Gasteiger partial charge in [-0.1, -0.05) is 330 Å². The van der Waals surface area contributed by atoms with Crippen LogP contribution < -0.4 is 0 Å². The number of ether oxygens (including phenoxy) is 3. The maximum absolute atomic E-state index is 12.9. The van der Waals surface area contributed by atoms with E-state index in [2.05, 4.69) is 34.6 Å². The first-order valence-electron chi connectivity index (χ1n) is 32.2. The molecule has 0 aliphatic heterocycles. The van der Waals surface area contributed by atoms with Gasteiger partial charge in [-0.25, -0.2) is 0 Å². The lowest BCUT2D eigenvalue weighted by Crippen LogP contribution is -2.30. The summed E-state index contributed by atoms with van der Waals surface area (Å²) in [5, 5.41) is 0. The van der Waals surface area contributed by atoms with Gasteiger partial charge in [0.05, 0.1) is 0 Å². The molecule has 0 aromatic heterocycles. The minimum Gasteiger partial charge on any atom is -0.462 e. The summed E-state index contributed by atoms with van der Waals surface area (Å²) >= 11 is 0. The van der Waals surface area contributed by atoms with Crippen LogP contribution in [0.1, 0.15) is 369 Å². The molecule has 0 aliphatic carbocycles. The Morgan fingerprint density at radius 2 is 0.465 bits per heavy atom. The summed E-state index contributed by atoms with van der Waals surface area (Å²) in [5.74, 6) is 0.856. The number of esters is 3. The first kappa shape index (κ1) is 69.4. The van der Waals surface area contributed by atoms with E-state index in [1.807, 2.05) is 0 Å². The molecule has 0 saturated heterocycles. The van der Waals surface area contributed by atoms with Crippen molar-refractivity contribution in [3.05, 3.63) is 0 Å². The van der Waals surface area contributed by atoms with E-state index in [-0.39, 0.29) is 31.1 Å². The number of carbonyl (C=O) groups excluding carboxylic acids is 3. The number of unbranched alkanes of at least 4 members (excludes halogenated alkanes) is 44. The number of carbonyl (C=O) groups is 3. The molecule has 422 valence electrons. The Bertz CT molecular complexity index is 1090. The van der Waals surface area contributed by atoms with Crippen LogP contribution in [0, 0.1) is 11.8 Å². The predicted octanol–water partition coefficient (Wildman–Crippen LogP) is 21.6. The molecule has 0 aromatic rings. The van der Waals surface area contributed by atoms with Gasteiger partial charge < -0.3 is 14.2 Å². The lowest BCUT2D eigenvalue weighted by Gasteiger charge is -2.18. The van der Waals surface area contributed by atoms with Crippen LogP contribution in [0.25, 0.3) is 0 Å². The first-order chi connectivity index (χ1) is 34.7. The number of hydrogen-bond acceptors (Lipinski definition) is 6. The van der Waals surface area contributed by atoms with Gasteiger partial charge in [0.15, 0.2) is 6.10 Å². The van der Waals surface area contributed by atoms with Gasteiger partial charge in [-0.05, 0) is 31.1 Å². The molecular weight excluding hydrogens is 877 g/mol. The molecule has 0 aromatic carbocycles. The van der Waals surface area contributed by atoms with Crippen molar-refractivity contribution < 1.29 is 28.6 Å². The lowest BCUT2D eigenvalue weighted by atomic mass is 10.0. The van der Waals surface area contributed by atoms with E-state index < -0.39 is 6.10 Å². The highest BCUT2D eigenvalue weighted by Crippen LogP contribution is 2.19. The molecule has 6 heteroatoms. The van der Waals surface area contributed by atoms with E-state index in [1.54, 1.807) is 0 Å². The number of rotatable bonds is 59. The Morgan fingerprint density at radius 3 is 0.690 bits per heavy atom. The van der Waals surface area contributed by atoms with Gasteiger partial charge in [0.25, 0.3) is 0 Å². The fourth-order valence-corrected chi connectivity index (χ4v) is 10.1. The zero-order valence-corrected chi connectivity index (χ0v) is 48.9. The monoisotopic (exact) mass is 1000 g/mol. The SMILES string of the molecule is CCCCCCCCCCCCCCCCCCCCCC(=O)O[C@H](COC(=O)CCCCCCCCCCCCCCCCCCC(C)C)COC(=O)CCCCCCCCCCCCCCC(C)C. The van der Waals surface area contributed by atoms with Crippen molar-refractivity contribution in [1.29, 1.82) is 0 Å². The summed E-state index contributed by atoms with van der Waals surface area (Å²) in [4.78, 5) is 38.3. The summed E-state index contributed by atoms with van der Waals surface area (Å²) in [6, 6.07) is 0. The molecule has 0 heterocycles. The van der Waals surface area contributed by atoms with Crippen LogP contribution in [-0.4, -0.2) is 37.2 Å². The second-order valence-corrected chi connectivity index (χ2v) is 23.4. The van der Waals surface area contributed by atoms with Crippen molar-refractivity contribution >= 4 is 17.9 Å². The van der Waals surface area contributed by atoms with Crippen LogP contribution in [0.5, 0.6) is 0 Å². The van der Waals surface area contributed by atoms with Crippen molar-refractivity contribution in [2.45, 2.75) is 375 Å². The van der Waals surface area contributed by atoms with Gasteiger partial charge in [0.1, 0.15) is 13.2 Å². The Balaban J connectivity index is 4.28. The van der Waals surface area contributed by atoms with Crippen molar-refractivity contribution in [3.8, 4) is 0 Å². The third-order valence-corrected chi connectivity index (χ3v) is 15.0. The molecular formula is C65H126O6. The van der Waals surface area contributed by atoms with Crippen molar-refractivity contribution in [2.75, 3.05) is 13.2 Å². The van der Waals surface area contributed by atoms with Gasteiger partial charge in [-0.2, -0.15) is 0 Å². The van der Waals surface area contributed by atoms with E-state index in [0.29, 0.717) is 19.3 Å². The molecule has 0 unspecified atom stereocenters. The summed E-state index contributed by atoms with van der Waals surface area (Å²) in [5.41, 5.74) is 0. The Hall–Kier alpha value is -1.59. The maximum Gasteiger partial charge on any atom is 0.306 e. The topological polar surface area (TPSA) is 78.9 Å². The quantitative estimate of drug-likeness (QED) is 0.0343. The minimum absolute atomic E-state index is 0.0619. The molecule has 0 saturated carbocycles. The highest BCUT2D eigenvalue weighted by molar-refractivity contribution is 5.71. The maximum atomic E-state index is 12.9. The van der Waals surface area contributed by atoms with Gasteiger partial charge >= 0.3 is 17.9 Å². The van der Waals surface area contributed by atoms with Crippen LogP contribution in [0.2, 0.25) is 0 Å². The third kappa shape index (κ3) is 59.2. The second-order valence-electron chi connectivity index (χ2n) is 23.4. The highest BCUT2D eigenvalue weighted by Gasteiger charge is 2.19. The van der Waals surface area contributed by atoms with E-state index in [4.69, 9.17) is 14.2 Å². The average Bonchev–Trinajstić information content (AvgIpc) is 3.35. The second kappa shape index (κ2) is 57.7. The van der Waals surface area contributed by atoms with E-state index in [9.17, 15) is 14.4 Å². The molecule has 0 radical (unpaired) electrons. The molecule has 0 aliphatic rings. The molecule has 0 N–H and O–H groups in total. The predicted molar refractivity (Wildman–Crippen MR) is 307 cm³/mol. The van der Waals surface area contributed by atoms with E-state index in [1.165, 1.54) is 257 Å². The summed E-state index contributed by atoms with van der Waals surface area (Å²) < 4.78 is 17.0. The average molecular weight is 1000 g/mol. The number of hydrogen-bond donors (Lipinski definition) is 0.